The van der Waals surface area contributed by atoms with Gasteiger partial charge in [-0.3, -0.25) is 4.99 Å². The topological polar surface area (TPSA) is 12.4 Å². The summed E-state index contributed by atoms with van der Waals surface area (Å²) in [5.74, 6) is 0. The number of rotatable bonds is 6. The Labute approximate surface area is 172 Å². The molecule has 1 nitrogen and oxygen atoms in total. The normalized spacial score (nSPS) is 12.0. The Hall–Kier alpha value is -3.71. The molecule has 0 unspecified atom stereocenters. The number of hydrogen-bond acceptors (Lipinski definition) is 1. The van der Waals surface area contributed by atoms with E-state index in [4.69, 9.17) is 4.99 Å². The van der Waals surface area contributed by atoms with Crippen molar-refractivity contribution in [1.82, 2.24) is 0 Å². The fourth-order valence-corrected chi connectivity index (χ4v) is 3.27. The first kappa shape index (κ1) is 18.6. The van der Waals surface area contributed by atoms with Crippen LogP contribution in [0.5, 0.6) is 0 Å². The van der Waals surface area contributed by atoms with E-state index in [1.807, 2.05) is 24.3 Å². The van der Waals surface area contributed by atoms with E-state index in [2.05, 4.69) is 103 Å². The predicted octanol–water partition coefficient (Wildman–Crippen LogP) is 6.92. The maximum absolute atomic E-state index is 5.18. The van der Waals surface area contributed by atoms with Gasteiger partial charge in [0, 0.05) is 12.0 Å². The van der Waals surface area contributed by atoms with Gasteiger partial charge in [0.05, 0.1) is 11.4 Å². The van der Waals surface area contributed by atoms with Gasteiger partial charge in [0.15, 0.2) is 0 Å². The highest BCUT2D eigenvalue weighted by molar-refractivity contribution is 6.05. The summed E-state index contributed by atoms with van der Waals surface area (Å²) in [5.41, 5.74) is 6.67. The molecule has 29 heavy (non-hydrogen) atoms. The van der Waals surface area contributed by atoms with E-state index in [-0.39, 0.29) is 0 Å². The molecule has 0 radical (unpaired) electrons. The van der Waals surface area contributed by atoms with Gasteiger partial charge < -0.3 is 0 Å². The molecule has 0 aromatic heterocycles. The molecule has 0 aliphatic carbocycles. The van der Waals surface area contributed by atoms with Crippen LogP contribution in [-0.2, 0) is 6.42 Å². The third-order valence-corrected chi connectivity index (χ3v) is 4.75. The Bertz CT molecular complexity index is 1080. The second-order valence-electron chi connectivity index (χ2n) is 6.89. The molecule has 4 aromatic carbocycles. The van der Waals surface area contributed by atoms with E-state index in [0.29, 0.717) is 0 Å². The van der Waals surface area contributed by atoms with Gasteiger partial charge in [-0.15, -0.1) is 0 Å². The van der Waals surface area contributed by atoms with Crippen molar-refractivity contribution in [2.24, 2.45) is 4.99 Å². The Morgan fingerprint density at radius 2 is 1.03 bits per heavy atom. The predicted molar refractivity (Wildman–Crippen MR) is 124 cm³/mol. The maximum atomic E-state index is 5.18. The molecule has 0 fully saturated rings. The van der Waals surface area contributed by atoms with Crippen LogP contribution in [-0.4, -0.2) is 5.71 Å². The monoisotopic (exact) mass is 373 g/mol. The van der Waals surface area contributed by atoms with Crippen LogP contribution in [0.1, 0.15) is 22.3 Å². The van der Waals surface area contributed by atoms with E-state index >= 15 is 0 Å². The highest BCUT2D eigenvalue weighted by Gasteiger charge is 2.08. The van der Waals surface area contributed by atoms with Gasteiger partial charge >= 0.3 is 0 Å². The van der Waals surface area contributed by atoms with Crippen LogP contribution in [0, 0.1) is 0 Å². The third-order valence-electron chi connectivity index (χ3n) is 4.75. The molecule has 0 saturated carbocycles. The first-order valence-corrected chi connectivity index (χ1v) is 9.87. The minimum absolute atomic E-state index is 0.782. The van der Waals surface area contributed by atoms with Crippen LogP contribution in [0.15, 0.2) is 126 Å². The zero-order chi connectivity index (χ0) is 19.7. The van der Waals surface area contributed by atoms with Crippen LogP contribution in [0.3, 0.4) is 0 Å². The summed E-state index contributed by atoms with van der Waals surface area (Å²) in [5, 5.41) is 0. The minimum atomic E-state index is 0.782. The lowest BCUT2D eigenvalue weighted by molar-refractivity contribution is 1.30. The van der Waals surface area contributed by atoms with Gasteiger partial charge in [0.25, 0.3) is 0 Å². The zero-order valence-electron chi connectivity index (χ0n) is 16.3. The van der Waals surface area contributed by atoms with Crippen molar-refractivity contribution in [1.29, 1.82) is 0 Å². The summed E-state index contributed by atoms with van der Waals surface area (Å²) < 4.78 is 0. The van der Waals surface area contributed by atoms with Gasteiger partial charge in [-0.1, -0.05) is 121 Å². The zero-order valence-corrected chi connectivity index (χ0v) is 16.3. The van der Waals surface area contributed by atoms with Crippen molar-refractivity contribution < 1.29 is 0 Å². The lowest BCUT2D eigenvalue weighted by Gasteiger charge is -2.10. The summed E-state index contributed by atoms with van der Waals surface area (Å²) in [7, 11) is 0. The summed E-state index contributed by atoms with van der Waals surface area (Å²) in [6.45, 7) is 0. The fourth-order valence-electron chi connectivity index (χ4n) is 3.27. The van der Waals surface area contributed by atoms with Crippen LogP contribution in [0.25, 0.3) is 11.8 Å². The smallest absolute Gasteiger partial charge is 0.0711 e. The lowest BCUT2D eigenvalue weighted by Crippen LogP contribution is -2.06. The van der Waals surface area contributed by atoms with Crippen LogP contribution in [0.4, 0.5) is 0 Å². The van der Waals surface area contributed by atoms with Gasteiger partial charge in [-0.05, 0) is 22.8 Å². The molecule has 0 saturated heterocycles. The molecule has 4 rings (SSSR count). The molecule has 4 aromatic rings. The van der Waals surface area contributed by atoms with E-state index in [1.165, 1.54) is 5.56 Å². The van der Waals surface area contributed by atoms with Crippen molar-refractivity contribution >= 4 is 17.5 Å². The van der Waals surface area contributed by atoms with Gasteiger partial charge in [0.2, 0.25) is 0 Å². The molecule has 140 valence electrons. The molecule has 0 amide bonds. The second kappa shape index (κ2) is 9.48. The Balaban J connectivity index is 1.82. The Kier molecular flexibility index (Phi) is 6.09. The third kappa shape index (κ3) is 5.18. The standard InChI is InChI=1S/C28H23N/c1-5-13-23(14-6-1)21-27(25-17-9-3-10-18-25)29-28(26-19-11-4-12-20-26)22-24-15-7-2-8-16-24/h1-21H,22H2/b27-21?,29-28+. The number of aliphatic imine (C=N–C) groups is 1. The number of nitrogens with zero attached hydrogens (tertiary/aromatic N) is 1. The number of hydrogen-bond donors (Lipinski definition) is 0. The first-order chi connectivity index (χ1) is 14.4. The maximum Gasteiger partial charge on any atom is 0.0711 e. The summed E-state index contributed by atoms with van der Waals surface area (Å²) in [4.78, 5) is 5.18. The summed E-state index contributed by atoms with van der Waals surface area (Å²) in [6, 6.07) is 41.7. The lowest BCUT2D eigenvalue weighted by atomic mass is 10.0. The SMILES string of the molecule is C(=C(/N=C(\Cc1ccccc1)c1ccccc1)c1ccccc1)c1ccccc1. The molecule has 0 atom stereocenters. The molecule has 0 N–H and O–H groups in total. The molecule has 0 spiro atoms. The molecule has 1 heteroatoms. The van der Waals surface area contributed by atoms with Crippen molar-refractivity contribution in [3.63, 3.8) is 0 Å². The molecular weight excluding hydrogens is 350 g/mol. The fraction of sp³-hybridized carbons (Fsp3) is 0.0357. The van der Waals surface area contributed by atoms with E-state index < -0.39 is 0 Å². The van der Waals surface area contributed by atoms with Gasteiger partial charge in [0.1, 0.15) is 0 Å². The molecule has 0 heterocycles. The van der Waals surface area contributed by atoms with E-state index in [9.17, 15) is 0 Å². The average molecular weight is 373 g/mol. The summed E-state index contributed by atoms with van der Waals surface area (Å²) >= 11 is 0. The van der Waals surface area contributed by atoms with Crippen molar-refractivity contribution in [2.45, 2.75) is 6.42 Å². The van der Waals surface area contributed by atoms with Gasteiger partial charge in [-0.25, -0.2) is 0 Å². The number of benzene rings is 4. The first-order valence-electron chi connectivity index (χ1n) is 9.87. The Morgan fingerprint density at radius 3 is 1.62 bits per heavy atom. The van der Waals surface area contributed by atoms with Gasteiger partial charge in [-0.2, -0.15) is 0 Å². The van der Waals surface area contributed by atoms with Crippen LogP contribution < -0.4 is 0 Å². The minimum Gasteiger partial charge on any atom is -0.252 e. The van der Waals surface area contributed by atoms with Crippen LogP contribution in [0.2, 0.25) is 0 Å². The quantitative estimate of drug-likeness (QED) is 0.257. The second-order valence-corrected chi connectivity index (χ2v) is 6.89. The average Bonchev–Trinajstić information content (AvgIpc) is 2.81. The van der Waals surface area contributed by atoms with E-state index in [0.717, 1.165) is 34.5 Å². The highest BCUT2D eigenvalue weighted by atomic mass is 14.8. The molecular formula is C28H23N. The van der Waals surface area contributed by atoms with Crippen molar-refractivity contribution in [3.8, 4) is 0 Å². The van der Waals surface area contributed by atoms with Crippen LogP contribution >= 0.6 is 0 Å². The van der Waals surface area contributed by atoms with Crippen molar-refractivity contribution in [3.05, 3.63) is 144 Å². The van der Waals surface area contributed by atoms with E-state index in [1.54, 1.807) is 0 Å². The molecule has 0 aliphatic rings. The highest BCUT2D eigenvalue weighted by Crippen LogP contribution is 2.22. The molecule has 0 bridgehead atoms. The Morgan fingerprint density at radius 1 is 0.552 bits per heavy atom. The van der Waals surface area contributed by atoms with Crippen molar-refractivity contribution in [2.75, 3.05) is 0 Å². The molecule has 0 aliphatic heterocycles. The summed E-state index contributed by atoms with van der Waals surface area (Å²) in [6.07, 6.45) is 2.94. The largest absolute Gasteiger partial charge is 0.252 e.